The van der Waals surface area contributed by atoms with Crippen LogP contribution in [0.5, 0.6) is 0 Å². The van der Waals surface area contributed by atoms with Crippen molar-refractivity contribution in [3.8, 4) is 0 Å². The lowest BCUT2D eigenvalue weighted by Crippen LogP contribution is -2.25. The fourth-order valence-corrected chi connectivity index (χ4v) is 4.17. The predicted octanol–water partition coefficient (Wildman–Crippen LogP) is 5.22. The van der Waals surface area contributed by atoms with Gasteiger partial charge in [0.25, 0.3) is 0 Å². The number of fused-ring (bicyclic) bond motifs is 3. The van der Waals surface area contributed by atoms with Crippen molar-refractivity contribution in [1.29, 1.82) is 0 Å². The summed E-state index contributed by atoms with van der Waals surface area (Å²) in [5.41, 5.74) is 4.77. The van der Waals surface area contributed by atoms with E-state index in [1.54, 1.807) is 0 Å². The van der Waals surface area contributed by atoms with Gasteiger partial charge in [-0.2, -0.15) is 0 Å². The van der Waals surface area contributed by atoms with Crippen molar-refractivity contribution >= 4 is 40.3 Å². The van der Waals surface area contributed by atoms with E-state index in [0.29, 0.717) is 0 Å². The van der Waals surface area contributed by atoms with E-state index < -0.39 is 0 Å². The van der Waals surface area contributed by atoms with E-state index in [0.717, 1.165) is 28.6 Å². The van der Waals surface area contributed by atoms with Crippen LogP contribution in [-0.2, 0) is 6.42 Å². The van der Waals surface area contributed by atoms with Crippen LogP contribution in [0.1, 0.15) is 29.8 Å². The van der Waals surface area contributed by atoms with E-state index in [1.807, 2.05) is 18.2 Å². The fraction of sp³-hybridized carbons (Fsp3) is 0.211. The third-order valence-electron chi connectivity index (χ3n) is 4.68. The Morgan fingerprint density at radius 1 is 1.04 bits per heavy atom. The van der Waals surface area contributed by atoms with Gasteiger partial charge in [0, 0.05) is 24.2 Å². The van der Waals surface area contributed by atoms with Crippen molar-refractivity contribution in [2.75, 3.05) is 6.54 Å². The monoisotopic (exact) mass is 343 g/mol. The van der Waals surface area contributed by atoms with Crippen molar-refractivity contribution in [2.45, 2.75) is 19.4 Å². The van der Waals surface area contributed by atoms with Gasteiger partial charge in [-0.25, -0.2) is 4.58 Å². The number of halogens is 2. The summed E-state index contributed by atoms with van der Waals surface area (Å²) in [6.45, 7) is 3.11. The van der Waals surface area contributed by atoms with Crippen molar-refractivity contribution in [3.63, 3.8) is 0 Å². The summed E-state index contributed by atoms with van der Waals surface area (Å²) in [6.07, 6.45) is 3.21. The lowest BCUT2D eigenvalue weighted by atomic mass is 10.0. The molecule has 1 aromatic heterocycles. The molecule has 1 N–H and O–H groups in total. The standard InChI is InChI=1S/C19H16Cl2N2/c1-12(19-15(20)6-4-7-16(19)21)23-10-9-14-13-5-2-3-8-17(13)22-18(14)11-23/h2-8,11-12H,9-10H2,1H3/p+1/t12-/m0/s1. The first kappa shape index (κ1) is 14.8. The normalized spacial score (nSPS) is 15.3. The molecule has 0 saturated heterocycles. The first-order chi connectivity index (χ1) is 11.1. The molecule has 2 nitrogen and oxygen atoms in total. The van der Waals surface area contributed by atoms with Crippen LogP contribution in [0.4, 0.5) is 0 Å². The van der Waals surface area contributed by atoms with Gasteiger partial charge in [-0.05, 0) is 23.8 Å². The number of benzene rings is 2. The molecule has 4 heteroatoms. The smallest absolute Gasteiger partial charge is 0.188 e. The number of aromatic amines is 1. The molecule has 0 unspecified atom stereocenters. The summed E-state index contributed by atoms with van der Waals surface area (Å²) in [7, 11) is 0. The van der Waals surface area contributed by atoms with Crippen LogP contribution in [0.15, 0.2) is 42.5 Å². The average molecular weight is 344 g/mol. The van der Waals surface area contributed by atoms with Gasteiger partial charge in [-0.1, -0.05) is 47.5 Å². The maximum atomic E-state index is 6.38. The first-order valence-corrected chi connectivity index (χ1v) is 8.55. The Bertz CT molecular complexity index is 904. The third kappa shape index (κ3) is 2.46. The third-order valence-corrected chi connectivity index (χ3v) is 5.34. The zero-order chi connectivity index (χ0) is 16.0. The molecule has 1 aliphatic heterocycles. The van der Waals surface area contributed by atoms with Crippen molar-refractivity contribution < 1.29 is 4.58 Å². The number of rotatable bonds is 2. The minimum absolute atomic E-state index is 0.135. The van der Waals surface area contributed by atoms with E-state index in [4.69, 9.17) is 23.2 Å². The molecule has 2 heterocycles. The van der Waals surface area contributed by atoms with Crippen molar-refractivity contribution in [3.05, 3.63) is 69.3 Å². The van der Waals surface area contributed by atoms with E-state index in [1.165, 1.54) is 22.2 Å². The van der Waals surface area contributed by atoms with Gasteiger partial charge in [-0.3, -0.25) is 0 Å². The van der Waals surface area contributed by atoms with Crippen LogP contribution in [0.2, 0.25) is 10.0 Å². The Balaban J connectivity index is 1.79. The zero-order valence-corrected chi connectivity index (χ0v) is 14.3. The number of aromatic nitrogens is 1. The van der Waals surface area contributed by atoms with Gasteiger partial charge in [0.15, 0.2) is 12.3 Å². The summed E-state index contributed by atoms with van der Waals surface area (Å²) >= 11 is 12.8. The first-order valence-electron chi connectivity index (χ1n) is 7.79. The predicted molar refractivity (Wildman–Crippen MR) is 97.2 cm³/mol. The topological polar surface area (TPSA) is 18.8 Å². The molecule has 2 aromatic carbocycles. The molecule has 0 radical (unpaired) electrons. The molecule has 0 aliphatic carbocycles. The number of H-pyrrole nitrogens is 1. The molecule has 1 aliphatic rings. The summed E-state index contributed by atoms with van der Waals surface area (Å²) < 4.78 is 2.31. The highest BCUT2D eigenvalue weighted by Gasteiger charge is 2.27. The van der Waals surface area contributed by atoms with Crippen LogP contribution in [0.3, 0.4) is 0 Å². The Morgan fingerprint density at radius 3 is 2.57 bits per heavy atom. The van der Waals surface area contributed by atoms with Crippen LogP contribution < -0.4 is 0 Å². The molecule has 0 bridgehead atoms. The lowest BCUT2D eigenvalue weighted by molar-refractivity contribution is -0.565. The van der Waals surface area contributed by atoms with E-state index in [2.05, 4.69) is 47.0 Å². The molecule has 3 aromatic rings. The zero-order valence-electron chi connectivity index (χ0n) is 12.8. The Morgan fingerprint density at radius 2 is 1.78 bits per heavy atom. The summed E-state index contributed by atoms with van der Waals surface area (Å²) in [5.74, 6) is 0. The molecule has 1 atom stereocenters. The SMILES string of the molecule is C[C@@H](c1c(Cl)cccc1Cl)[N+]1=Cc2[nH]c3ccccc3c2CC1. The molecular weight excluding hydrogens is 327 g/mol. The summed E-state index contributed by atoms with van der Waals surface area (Å²) in [6, 6.07) is 14.3. The van der Waals surface area contributed by atoms with Gasteiger partial charge in [0.05, 0.1) is 15.6 Å². The molecule has 0 amide bonds. The number of hydrogen-bond acceptors (Lipinski definition) is 0. The van der Waals surface area contributed by atoms with Gasteiger partial charge in [0.2, 0.25) is 0 Å². The molecule has 0 saturated carbocycles. The van der Waals surface area contributed by atoms with Crippen molar-refractivity contribution in [2.24, 2.45) is 0 Å². The highest BCUT2D eigenvalue weighted by Crippen LogP contribution is 2.33. The quantitative estimate of drug-likeness (QED) is 0.615. The van der Waals surface area contributed by atoms with Gasteiger partial charge < -0.3 is 4.98 Å². The van der Waals surface area contributed by atoms with E-state index in [9.17, 15) is 0 Å². The van der Waals surface area contributed by atoms with Gasteiger partial charge in [0.1, 0.15) is 12.2 Å². The number of hydrogen-bond donors (Lipinski definition) is 1. The number of nitrogens with zero attached hydrogens (tertiary/aromatic N) is 1. The lowest BCUT2D eigenvalue weighted by Gasteiger charge is -2.17. The maximum Gasteiger partial charge on any atom is 0.188 e. The Hall–Kier alpha value is -1.77. The second kappa shape index (κ2) is 5.70. The van der Waals surface area contributed by atoms with Gasteiger partial charge >= 0.3 is 0 Å². The number of nitrogens with one attached hydrogen (secondary N) is 1. The molecule has 23 heavy (non-hydrogen) atoms. The number of para-hydroxylation sites is 1. The second-order valence-corrected chi connectivity index (χ2v) is 6.81. The highest BCUT2D eigenvalue weighted by atomic mass is 35.5. The van der Waals surface area contributed by atoms with Crippen LogP contribution >= 0.6 is 23.2 Å². The summed E-state index contributed by atoms with van der Waals surface area (Å²) in [5, 5.41) is 2.77. The molecule has 4 rings (SSSR count). The Kier molecular flexibility index (Phi) is 3.67. The maximum absolute atomic E-state index is 6.38. The molecular formula is C19H17Cl2N2+. The molecule has 0 fully saturated rings. The molecule has 116 valence electrons. The van der Waals surface area contributed by atoms with E-state index in [-0.39, 0.29) is 6.04 Å². The van der Waals surface area contributed by atoms with Crippen molar-refractivity contribution in [1.82, 2.24) is 4.98 Å². The van der Waals surface area contributed by atoms with Crippen LogP contribution in [0.25, 0.3) is 10.9 Å². The minimum Gasteiger partial charge on any atom is -0.350 e. The highest BCUT2D eigenvalue weighted by molar-refractivity contribution is 6.36. The molecule has 0 spiro atoms. The van der Waals surface area contributed by atoms with Crippen LogP contribution in [0, 0.1) is 0 Å². The Labute approximate surface area is 145 Å². The van der Waals surface area contributed by atoms with E-state index >= 15 is 0 Å². The largest absolute Gasteiger partial charge is 0.350 e. The fourth-order valence-electron chi connectivity index (χ4n) is 3.45. The minimum atomic E-state index is 0.135. The van der Waals surface area contributed by atoms with Crippen LogP contribution in [-0.4, -0.2) is 22.3 Å². The van der Waals surface area contributed by atoms with Gasteiger partial charge in [-0.15, -0.1) is 0 Å². The average Bonchev–Trinajstić information content (AvgIpc) is 2.92. The summed E-state index contributed by atoms with van der Waals surface area (Å²) in [4.78, 5) is 3.52. The second-order valence-electron chi connectivity index (χ2n) is 5.99.